The molecule has 3 amide bonds. The third kappa shape index (κ3) is 4.72. The number of nitrogens with one attached hydrogen (secondary N) is 1. The minimum absolute atomic E-state index is 0.0339. The van der Waals surface area contributed by atoms with Crippen LogP contribution < -0.4 is 5.32 Å². The lowest BCUT2D eigenvalue weighted by atomic mass is 10.0. The Morgan fingerprint density at radius 1 is 1.07 bits per heavy atom. The fourth-order valence-electron chi connectivity index (χ4n) is 4.17. The molecule has 0 bridgehead atoms. The first-order chi connectivity index (χ1) is 14.6. The largest absolute Gasteiger partial charge is 0.459 e. The van der Waals surface area contributed by atoms with E-state index in [1.165, 1.54) is 11.8 Å². The molecule has 2 aromatic rings. The summed E-state index contributed by atoms with van der Waals surface area (Å²) in [5, 5.41) is 3.09. The molecular formula is C23H27N3O4. The Balaban J connectivity index is 1.22. The molecule has 0 aliphatic carbocycles. The van der Waals surface area contributed by atoms with Crippen molar-refractivity contribution in [1.29, 1.82) is 0 Å². The van der Waals surface area contributed by atoms with Gasteiger partial charge in [0, 0.05) is 38.6 Å². The van der Waals surface area contributed by atoms with Crippen LogP contribution in [0, 0.1) is 5.92 Å². The van der Waals surface area contributed by atoms with Gasteiger partial charge in [-0.1, -0.05) is 30.3 Å². The lowest BCUT2D eigenvalue weighted by molar-refractivity contribution is -0.129. The Morgan fingerprint density at radius 2 is 1.83 bits per heavy atom. The van der Waals surface area contributed by atoms with Crippen LogP contribution in [0.3, 0.4) is 0 Å². The molecule has 2 aliphatic heterocycles. The van der Waals surface area contributed by atoms with Crippen molar-refractivity contribution in [3.8, 4) is 0 Å². The highest BCUT2D eigenvalue weighted by atomic mass is 16.3. The first-order valence-electron chi connectivity index (χ1n) is 10.5. The van der Waals surface area contributed by atoms with Gasteiger partial charge in [-0.05, 0) is 37.0 Å². The van der Waals surface area contributed by atoms with E-state index in [9.17, 15) is 14.4 Å². The molecule has 1 unspecified atom stereocenters. The molecule has 158 valence electrons. The van der Waals surface area contributed by atoms with Crippen LogP contribution in [0.4, 0.5) is 0 Å². The van der Waals surface area contributed by atoms with Gasteiger partial charge >= 0.3 is 0 Å². The van der Waals surface area contributed by atoms with Crippen LogP contribution in [0.25, 0.3) is 0 Å². The third-order valence-electron chi connectivity index (χ3n) is 5.96. The minimum Gasteiger partial charge on any atom is -0.459 e. The molecule has 1 aromatic carbocycles. The quantitative estimate of drug-likeness (QED) is 0.792. The number of hydrogen-bond acceptors (Lipinski definition) is 4. The Labute approximate surface area is 176 Å². The second kappa shape index (κ2) is 9.15. The molecule has 2 aliphatic rings. The van der Waals surface area contributed by atoms with Crippen LogP contribution in [0.15, 0.2) is 53.1 Å². The van der Waals surface area contributed by atoms with Crippen molar-refractivity contribution >= 4 is 17.7 Å². The van der Waals surface area contributed by atoms with E-state index in [1.807, 2.05) is 30.3 Å². The third-order valence-corrected chi connectivity index (χ3v) is 5.96. The average molecular weight is 409 g/mol. The summed E-state index contributed by atoms with van der Waals surface area (Å²) < 4.78 is 5.18. The van der Waals surface area contributed by atoms with E-state index >= 15 is 0 Å². The number of hydrogen-bond donors (Lipinski definition) is 1. The topological polar surface area (TPSA) is 82.9 Å². The molecule has 2 fully saturated rings. The van der Waals surface area contributed by atoms with Crippen LogP contribution in [-0.2, 0) is 16.0 Å². The second-order valence-electron chi connectivity index (χ2n) is 8.03. The standard InChI is InChI=1S/C23H27N3O4/c27-21-15-18(16-26(21)11-8-17-5-2-1-3-6-17)22(28)24-19-9-12-25(13-10-19)23(29)20-7-4-14-30-20/h1-7,14,18-19H,8-13,15-16H2,(H,24,28). The summed E-state index contributed by atoms with van der Waals surface area (Å²) in [5.41, 5.74) is 1.19. The molecule has 7 heteroatoms. The van der Waals surface area contributed by atoms with Gasteiger partial charge in [0.25, 0.3) is 5.91 Å². The molecule has 3 heterocycles. The summed E-state index contributed by atoms with van der Waals surface area (Å²) in [6.45, 7) is 2.28. The smallest absolute Gasteiger partial charge is 0.289 e. The van der Waals surface area contributed by atoms with Gasteiger partial charge in [-0.3, -0.25) is 14.4 Å². The monoisotopic (exact) mass is 409 g/mol. The molecular weight excluding hydrogens is 382 g/mol. The van der Waals surface area contributed by atoms with Gasteiger partial charge in [0.1, 0.15) is 0 Å². The average Bonchev–Trinajstić information content (AvgIpc) is 3.43. The normalized spacial score (nSPS) is 19.9. The Kier molecular flexibility index (Phi) is 6.16. The lowest BCUT2D eigenvalue weighted by Gasteiger charge is -2.32. The number of carbonyl (C=O) groups excluding carboxylic acids is 3. The zero-order valence-corrected chi connectivity index (χ0v) is 17.0. The molecule has 1 N–H and O–H groups in total. The minimum atomic E-state index is -0.295. The van der Waals surface area contributed by atoms with Gasteiger partial charge in [0.05, 0.1) is 12.2 Å². The van der Waals surface area contributed by atoms with Gasteiger partial charge in [0.2, 0.25) is 11.8 Å². The van der Waals surface area contributed by atoms with Crippen molar-refractivity contribution in [3.63, 3.8) is 0 Å². The SMILES string of the molecule is O=C(NC1CCN(C(=O)c2ccco2)CC1)C1CC(=O)N(CCc2ccccc2)C1. The zero-order valence-electron chi connectivity index (χ0n) is 17.0. The highest BCUT2D eigenvalue weighted by molar-refractivity contribution is 5.91. The van der Waals surface area contributed by atoms with E-state index in [0.29, 0.717) is 44.8 Å². The molecule has 1 atom stereocenters. The molecule has 0 spiro atoms. The van der Waals surface area contributed by atoms with Gasteiger partial charge in [-0.15, -0.1) is 0 Å². The number of amides is 3. The van der Waals surface area contributed by atoms with E-state index in [4.69, 9.17) is 4.42 Å². The maximum Gasteiger partial charge on any atom is 0.289 e. The fraction of sp³-hybridized carbons (Fsp3) is 0.435. The number of rotatable bonds is 6. The van der Waals surface area contributed by atoms with E-state index in [1.54, 1.807) is 21.9 Å². The summed E-state index contributed by atoms with van der Waals surface area (Å²) in [6, 6.07) is 13.5. The molecule has 1 aromatic heterocycles. The van der Waals surface area contributed by atoms with Crippen LogP contribution >= 0.6 is 0 Å². The van der Waals surface area contributed by atoms with Crippen molar-refractivity contribution in [1.82, 2.24) is 15.1 Å². The van der Waals surface area contributed by atoms with Crippen LogP contribution in [-0.4, -0.2) is 59.7 Å². The van der Waals surface area contributed by atoms with Crippen molar-refractivity contribution in [3.05, 3.63) is 60.1 Å². The summed E-state index contributed by atoms with van der Waals surface area (Å²) in [4.78, 5) is 40.9. The number of piperidine rings is 1. The Hall–Kier alpha value is -3.09. The van der Waals surface area contributed by atoms with Crippen molar-refractivity contribution in [2.45, 2.75) is 31.7 Å². The van der Waals surface area contributed by atoms with Crippen LogP contribution in [0.1, 0.15) is 35.4 Å². The van der Waals surface area contributed by atoms with Gasteiger partial charge in [-0.2, -0.15) is 0 Å². The second-order valence-corrected chi connectivity index (χ2v) is 8.03. The fourth-order valence-corrected chi connectivity index (χ4v) is 4.17. The first-order valence-corrected chi connectivity index (χ1v) is 10.5. The summed E-state index contributed by atoms with van der Waals surface area (Å²) in [6.07, 6.45) is 3.97. The Bertz CT molecular complexity index is 873. The lowest BCUT2D eigenvalue weighted by Crippen LogP contribution is -2.48. The molecule has 2 saturated heterocycles. The highest BCUT2D eigenvalue weighted by Crippen LogP contribution is 2.20. The van der Waals surface area contributed by atoms with Crippen molar-refractivity contribution < 1.29 is 18.8 Å². The highest BCUT2D eigenvalue weighted by Gasteiger charge is 2.35. The molecule has 4 rings (SSSR count). The van der Waals surface area contributed by atoms with E-state index in [0.717, 1.165) is 6.42 Å². The van der Waals surface area contributed by atoms with Gasteiger partial charge < -0.3 is 19.5 Å². The number of nitrogens with zero attached hydrogens (tertiary/aromatic N) is 2. The molecule has 7 nitrogen and oxygen atoms in total. The first kappa shape index (κ1) is 20.2. The number of benzene rings is 1. The van der Waals surface area contributed by atoms with Crippen LogP contribution in [0.2, 0.25) is 0 Å². The number of carbonyl (C=O) groups is 3. The Morgan fingerprint density at radius 3 is 2.53 bits per heavy atom. The summed E-state index contributed by atoms with van der Waals surface area (Å²) in [5.74, 6) is -0.0693. The molecule has 30 heavy (non-hydrogen) atoms. The van der Waals surface area contributed by atoms with Gasteiger partial charge in [-0.25, -0.2) is 0 Å². The van der Waals surface area contributed by atoms with E-state index < -0.39 is 0 Å². The summed E-state index contributed by atoms with van der Waals surface area (Å²) >= 11 is 0. The van der Waals surface area contributed by atoms with Crippen LogP contribution in [0.5, 0.6) is 0 Å². The predicted molar refractivity (Wildman–Crippen MR) is 111 cm³/mol. The van der Waals surface area contributed by atoms with Crippen molar-refractivity contribution in [2.75, 3.05) is 26.2 Å². The van der Waals surface area contributed by atoms with E-state index in [2.05, 4.69) is 5.32 Å². The molecule has 0 saturated carbocycles. The van der Waals surface area contributed by atoms with E-state index in [-0.39, 0.29) is 36.1 Å². The van der Waals surface area contributed by atoms with Crippen molar-refractivity contribution in [2.24, 2.45) is 5.92 Å². The zero-order chi connectivity index (χ0) is 20.9. The summed E-state index contributed by atoms with van der Waals surface area (Å²) in [7, 11) is 0. The number of furan rings is 1. The maximum atomic E-state index is 12.7. The number of likely N-dealkylation sites (tertiary alicyclic amines) is 2. The van der Waals surface area contributed by atoms with Gasteiger partial charge in [0.15, 0.2) is 5.76 Å². The predicted octanol–water partition coefficient (Wildman–Crippen LogP) is 2.09. The molecule has 0 radical (unpaired) electrons. The maximum absolute atomic E-state index is 12.7.